The Labute approximate surface area is 99.9 Å². The first kappa shape index (κ1) is 15.7. The van der Waals surface area contributed by atoms with Crippen molar-refractivity contribution in [1.29, 1.82) is 0 Å². The largest absolute Gasteiger partial charge is 0.480 e. The number of aliphatic hydroxyl groups excluding tert-OH is 1. The van der Waals surface area contributed by atoms with Crippen LogP contribution in [0.3, 0.4) is 0 Å². The number of ether oxygens (including phenoxy) is 1. The summed E-state index contributed by atoms with van der Waals surface area (Å²) in [4.78, 5) is 23.6. The van der Waals surface area contributed by atoms with Crippen LogP contribution in [0, 0.1) is 0 Å². The van der Waals surface area contributed by atoms with Crippen molar-refractivity contribution < 1.29 is 24.5 Å². The standard InChI is InChI=1S/C10H17NO5.H3N/c1-10(2,3)16-9(15)11-5-6(12)4-7(11)8(13)14;/h6-7,12H,4-5H2,1-3H3,(H,13,14);1H3/t6-,7+;/m1./s1. The molecule has 7 nitrogen and oxygen atoms in total. The molecule has 0 aromatic rings. The number of aliphatic hydroxyl groups is 1. The lowest BCUT2D eigenvalue weighted by Gasteiger charge is -2.26. The van der Waals surface area contributed by atoms with Crippen LogP contribution >= 0.6 is 0 Å². The van der Waals surface area contributed by atoms with Gasteiger partial charge < -0.3 is 21.1 Å². The van der Waals surface area contributed by atoms with E-state index in [-0.39, 0.29) is 19.1 Å². The van der Waals surface area contributed by atoms with Crippen LogP contribution in [0.15, 0.2) is 0 Å². The zero-order chi connectivity index (χ0) is 12.5. The highest BCUT2D eigenvalue weighted by Gasteiger charge is 2.40. The number of likely N-dealkylation sites (tertiary alicyclic amines) is 1. The molecule has 0 radical (unpaired) electrons. The summed E-state index contributed by atoms with van der Waals surface area (Å²) < 4.78 is 5.06. The Morgan fingerprint density at radius 2 is 1.88 bits per heavy atom. The molecule has 17 heavy (non-hydrogen) atoms. The molecule has 0 aliphatic carbocycles. The monoisotopic (exact) mass is 248 g/mol. The molecule has 0 bridgehead atoms. The maximum atomic E-state index is 11.7. The molecule has 1 heterocycles. The topological polar surface area (TPSA) is 122 Å². The number of amides is 1. The van der Waals surface area contributed by atoms with Crippen LogP contribution in [-0.4, -0.2) is 51.5 Å². The van der Waals surface area contributed by atoms with Gasteiger partial charge in [-0.25, -0.2) is 9.59 Å². The first-order chi connectivity index (χ1) is 7.20. The van der Waals surface area contributed by atoms with E-state index in [0.29, 0.717) is 0 Å². The van der Waals surface area contributed by atoms with Gasteiger partial charge in [0.05, 0.1) is 12.6 Å². The van der Waals surface area contributed by atoms with Crippen molar-refractivity contribution in [3.63, 3.8) is 0 Å². The van der Waals surface area contributed by atoms with Crippen molar-refractivity contribution >= 4 is 12.1 Å². The third-order valence-corrected chi connectivity index (χ3v) is 2.19. The second kappa shape index (κ2) is 5.33. The van der Waals surface area contributed by atoms with Gasteiger partial charge in [-0.2, -0.15) is 0 Å². The van der Waals surface area contributed by atoms with Crippen LogP contribution in [-0.2, 0) is 9.53 Å². The van der Waals surface area contributed by atoms with Crippen molar-refractivity contribution in [3.8, 4) is 0 Å². The van der Waals surface area contributed by atoms with Crippen molar-refractivity contribution in [2.45, 2.75) is 44.9 Å². The molecule has 0 aromatic carbocycles. The van der Waals surface area contributed by atoms with Gasteiger partial charge in [0.1, 0.15) is 11.6 Å². The van der Waals surface area contributed by atoms with Crippen molar-refractivity contribution in [2.75, 3.05) is 6.54 Å². The Kier molecular flexibility index (Phi) is 4.91. The van der Waals surface area contributed by atoms with Gasteiger partial charge in [-0.3, -0.25) is 4.90 Å². The van der Waals surface area contributed by atoms with Crippen LogP contribution in [0.4, 0.5) is 4.79 Å². The second-order valence-corrected chi connectivity index (χ2v) is 4.88. The Hall–Kier alpha value is -1.34. The molecule has 5 N–H and O–H groups in total. The summed E-state index contributed by atoms with van der Waals surface area (Å²) >= 11 is 0. The number of hydrogen-bond acceptors (Lipinski definition) is 5. The van der Waals surface area contributed by atoms with E-state index in [9.17, 15) is 14.7 Å². The van der Waals surface area contributed by atoms with Crippen molar-refractivity contribution in [3.05, 3.63) is 0 Å². The van der Waals surface area contributed by atoms with Crippen LogP contribution in [0.5, 0.6) is 0 Å². The predicted octanol–water partition coefficient (Wildman–Crippen LogP) is 0.603. The quantitative estimate of drug-likeness (QED) is 0.624. The van der Waals surface area contributed by atoms with Gasteiger partial charge in [0, 0.05) is 6.42 Å². The molecule has 1 amide bonds. The third kappa shape index (κ3) is 4.20. The Bertz CT molecular complexity index is 300. The van der Waals surface area contributed by atoms with E-state index < -0.39 is 29.8 Å². The maximum absolute atomic E-state index is 11.7. The summed E-state index contributed by atoms with van der Waals surface area (Å²) in [5, 5.41) is 18.2. The van der Waals surface area contributed by atoms with Gasteiger partial charge in [0.2, 0.25) is 0 Å². The van der Waals surface area contributed by atoms with Crippen LogP contribution in [0.2, 0.25) is 0 Å². The Morgan fingerprint density at radius 1 is 1.35 bits per heavy atom. The minimum Gasteiger partial charge on any atom is -0.480 e. The van der Waals surface area contributed by atoms with Crippen molar-refractivity contribution in [2.24, 2.45) is 0 Å². The molecule has 1 aliphatic rings. The molecule has 0 unspecified atom stereocenters. The molecule has 1 rings (SSSR count). The SMILES string of the molecule is CC(C)(C)OC(=O)N1C[C@H](O)C[C@H]1C(=O)O.N. The first-order valence-electron chi connectivity index (χ1n) is 5.11. The lowest BCUT2D eigenvalue weighted by atomic mass is 10.2. The molecule has 1 aliphatic heterocycles. The summed E-state index contributed by atoms with van der Waals surface area (Å²) in [5.74, 6) is -1.12. The fourth-order valence-electron chi connectivity index (χ4n) is 1.57. The van der Waals surface area contributed by atoms with Gasteiger partial charge in [-0.05, 0) is 20.8 Å². The highest BCUT2D eigenvalue weighted by molar-refractivity contribution is 5.81. The second-order valence-electron chi connectivity index (χ2n) is 4.88. The number of nitrogens with zero attached hydrogens (tertiary/aromatic N) is 1. The number of rotatable bonds is 1. The first-order valence-corrected chi connectivity index (χ1v) is 5.11. The predicted molar refractivity (Wildman–Crippen MR) is 60.0 cm³/mol. The van der Waals surface area contributed by atoms with Crippen LogP contribution < -0.4 is 6.15 Å². The van der Waals surface area contributed by atoms with Gasteiger partial charge in [-0.15, -0.1) is 0 Å². The van der Waals surface area contributed by atoms with E-state index >= 15 is 0 Å². The summed E-state index contributed by atoms with van der Waals surface area (Å²) in [7, 11) is 0. The molecule has 100 valence electrons. The highest BCUT2D eigenvalue weighted by Crippen LogP contribution is 2.21. The molecule has 0 spiro atoms. The third-order valence-electron chi connectivity index (χ3n) is 2.19. The van der Waals surface area contributed by atoms with Gasteiger partial charge in [0.25, 0.3) is 0 Å². The molecule has 1 fully saturated rings. The van der Waals surface area contributed by atoms with E-state index in [1.165, 1.54) is 0 Å². The fourth-order valence-corrected chi connectivity index (χ4v) is 1.57. The summed E-state index contributed by atoms with van der Waals surface area (Å²) in [6.07, 6.45) is -1.45. The van der Waals surface area contributed by atoms with E-state index in [1.807, 2.05) is 0 Å². The van der Waals surface area contributed by atoms with E-state index in [4.69, 9.17) is 9.84 Å². The molecular formula is C10H20N2O5. The van der Waals surface area contributed by atoms with E-state index in [1.54, 1.807) is 20.8 Å². The molecule has 0 saturated carbocycles. The summed E-state index contributed by atoms with van der Waals surface area (Å²) in [6, 6.07) is -0.996. The minimum atomic E-state index is -1.12. The summed E-state index contributed by atoms with van der Waals surface area (Å²) in [5.41, 5.74) is -0.673. The highest BCUT2D eigenvalue weighted by atomic mass is 16.6. The van der Waals surface area contributed by atoms with Crippen LogP contribution in [0.25, 0.3) is 0 Å². The Balaban J connectivity index is 0.00000256. The minimum absolute atomic E-state index is 0. The van der Waals surface area contributed by atoms with Gasteiger partial charge >= 0.3 is 12.1 Å². The van der Waals surface area contributed by atoms with Crippen molar-refractivity contribution in [1.82, 2.24) is 11.1 Å². The van der Waals surface area contributed by atoms with E-state index in [2.05, 4.69) is 0 Å². The molecule has 0 aromatic heterocycles. The number of carboxylic acid groups (broad SMARTS) is 1. The maximum Gasteiger partial charge on any atom is 0.411 e. The zero-order valence-corrected chi connectivity index (χ0v) is 10.3. The average molecular weight is 248 g/mol. The number of carboxylic acids is 1. The van der Waals surface area contributed by atoms with E-state index in [0.717, 1.165) is 4.90 Å². The van der Waals surface area contributed by atoms with Crippen LogP contribution in [0.1, 0.15) is 27.2 Å². The number of carbonyl (C=O) groups excluding carboxylic acids is 1. The fraction of sp³-hybridized carbons (Fsp3) is 0.800. The smallest absolute Gasteiger partial charge is 0.411 e. The molecular weight excluding hydrogens is 228 g/mol. The number of carbonyl (C=O) groups is 2. The molecule has 7 heteroatoms. The molecule has 1 saturated heterocycles. The Morgan fingerprint density at radius 3 is 2.29 bits per heavy atom. The normalized spacial score (nSPS) is 24.1. The summed E-state index contributed by atoms with van der Waals surface area (Å²) in [6.45, 7) is 5.11. The number of aliphatic carboxylic acids is 1. The zero-order valence-electron chi connectivity index (χ0n) is 10.3. The average Bonchev–Trinajstić information content (AvgIpc) is 2.44. The number of β-amino-alcohol motifs (C(OH)–C–C–N with tert-alkyl or cyclic N) is 1. The molecule has 2 atom stereocenters. The van der Waals surface area contributed by atoms with Gasteiger partial charge in [0.15, 0.2) is 0 Å². The number of hydrogen-bond donors (Lipinski definition) is 3. The lowest BCUT2D eigenvalue weighted by Crippen LogP contribution is -2.43. The van der Waals surface area contributed by atoms with Gasteiger partial charge in [-0.1, -0.05) is 0 Å². The lowest BCUT2D eigenvalue weighted by molar-refractivity contribution is -0.142.